The number of nitrogens with zero attached hydrogens (tertiary/aromatic N) is 2. The van der Waals surface area contributed by atoms with Crippen LogP contribution in [0.1, 0.15) is 16.8 Å². The van der Waals surface area contributed by atoms with Crippen molar-refractivity contribution in [3.05, 3.63) is 54.1 Å². The first-order valence-corrected chi connectivity index (χ1v) is 11.9. The van der Waals surface area contributed by atoms with Gasteiger partial charge in [-0.25, -0.2) is 8.42 Å². The third kappa shape index (κ3) is 4.86. The lowest BCUT2D eigenvalue weighted by atomic mass is 10.2. The molecule has 0 aromatic heterocycles. The van der Waals surface area contributed by atoms with Gasteiger partial charge in [0.25, 0.3) is 5.91 Å². The van der Waals surface area contributed by atoms with E-state index in [-0.39, 0.29) is 49.4 Å². The Hall–Kier alpha value is -3.11. The van der Waals surface area contributed by atoms with Gasteiger partial charge in [-0.05, 0) is 24.3 Å². The van der Waals surface area contributed by atoms with E-state index in [0.29, 0.717) is 30.3 Å². The SMILES string of the molecule is O=C(NCC(=O)N1CCN(S(=O)(=O)c2ccc3c(c2)OCCCO3)CC1)c1ccccc1. The van der Waals surface area contributed by atoms with Crippen molar-refractivity contribution in [3.63, 3.8) is 0 Å². The zero-order valence-corrected chi connectivity index (χ0v) is 18.3. The average molecular weight is 460 g/mol. The van der Waals surface area contributed by atoms with E-state index < -0.39 is 10.0 Å². The Bertz CT molecular complexity index is 1080. The van der Waals surface area contributed by atoms with Crippen LogP contribution in [-0.4, -0.2) is 75.4 Å². The standard InChI is InChI=1S/C22H25N3O6S/c26-21(16-23-22(27)17-5-2-1-3-6-17)24-9-11-25(12-10-24)32(28,29)18-7-8-19-20(15-18)31-14-4-13-30-19/h1-3,5-8,15H,4,9-14,16H2,(H,23,27). The Balaban J connectivity index is 1.33. The first-order valence-electron chi connectivity index (χ1n) is 10.5. The normalized spacial score (nSPS) is 16.8. The summed E-state index contributed by atoms with van der Waals surface area (Å²) in [4.78, 5) is 26.3. The molecule has 2 heterocycles. The number of hydrogen-bond acceptors (Lipinski definition) is 6. The van der Waals surface area contributed by atoms with Gasteiger partial charge in [0.15, 0.2) is 11.5 Å². The van der Waals surface area contributed by atoms with Crippen LogP contribution in [-0.2, 0) is 14.8 Å². The molecule has 0 radical (unpaired) electrons. The molecule has 0 spiro atoms. The number of amides is 2. The van der Waals surface area contributed by atoms with Crippen molar-refractivity contribution < 1.29 is 27.5 Å². The summed E-state index contributed by atoms with van der Waals surface area (Å²) in [7, 11) is -3.73. The fraction of sp³-hybridized carbons (Fsp3) is 0.364. The molecule has 170 valence electrons. The van der Waals surface area contributed by atoms with Crippen molar-refractivity contribution in [2.24, 2.45) is 0 Å². The predicted octanol–water partition coefficient (Wildman–Crippen LogP) is 1.11. The minimum atomic E-state index is -3.73. The first-order chi connectivity index (χ1) is 15.4. The summed E-state index contributed by atoms with van der Waals surface area (Å²) in [5.74, 6) is 0.387. The third-order valence-electron chi connectivity index (χ3n) is 5.38. The fourth-order valence-corrected chi connectivity index (χ4v) is 5.03. The number of sulfonamides is 1. The minimum Gasteiger partial charge on any atom is -0.490 e. The second kappa shape index (κ2) is 9.58. The van der Waals surface area contributed by atoms with Gasteiger partial charge < -0.3 is 19.7 Å². The van der Waals surface area contributed by atoms with E-state index in [4.69, 9.17) is 9.47 Å². The maximum absolute atomic E-state index is 13.1. The maximum Gasteiger partial charge on any atom is 0.251 e. The van der Waals surface area contributed by atoms with Crippen molar-refractivity contribution >= 4 is 21.8 Å². The topological polar surface area (TPSA) is 105 Å². The number of carbonyl (C=O) groups is 2. The molecule has 4 rings (SSSR count). The summed E-state index contributed by atoms with van der Waals surface area (Å²) in [6.07, 6.45) is 0.735. The molecule has 2 amide bonds. The van der Waals surface area contributed by atoms with Gasteiger partial charge >= 0.3 is 0 Å². The molecule has 0 atom stereocenters. The number of carbonyl (C=O) groups excluding carboxylic acids is 2. The van der Waals surface area contributed by atoms with Crippen LogP contribution in [0.3, 0.4) is 0 Å². The zero-order chi connectivity index (χ0) is 22.6. The number of hydrogen-bond donors (Lipinski definition) is 1. The van der Waals surface area contributed by atoms with Crippen molar-refractivity contribution in [2.75, 3.05) is 45.9 Å². The van der Waals surface area contributed by atoms with Gasteiger partial charge in [-0.3, -0.25) is 9.59 Å². The Morgan fingerprint density at radius 2 is 1.59 bits per heavy atom. The quantitative estimate of drug-likeness (QED) is 0.718. The molecule has 0 saturated carbocycles. The molecular formula is C22H25N3O6S. The van der Waals surface area contributed by atoms with E-state index in [2.05, 4.69) is 5.32 Å². The third-order valence-corrected chi connectivity index (χ3v) is 7.28. The zero-order valence-electron chi connectivity index (χ0n) is 17.5. The average Bonchev–Trinajstić information content (AvgIpc) is 3.08. The van der Waals surface area contributed by atoms with Crippen LogP contribution in [0.5, 0.6) is 11.5 Å². The lowest BCUT2D eigenvalue weighted by Gasteiger charge is -2.34. The number of nitrogens with one attached hydrogen (secondary N) is 1. The molecule has 2 aromatic rings. The summed E-state index contributed by atoms with van der Waals surface area (Å²) in [5.41, 5.74) is 0.478. The van der Waals surface area contributed by atoms with Crippen molar-refractivity contribution in [1.29, 1.82) is 0 Å². The number of ether oxygens (including phenoxy) is 2. The highest BCUT2D eigenvalue weighted by atomic mass is 32.2. The first kappa shape index (κ1) is 22.1. The summed E-state index contributed by atoms with van der Waals surface area (Å²) < 4.78 is 38.7. The smallest absolute Gasteiger partial charge is 0.251 e. The Kier molecular flexibility index (Phi) is 6.61. The predicted molar refractivity (Wildman–Crippen MR) is 116 cm³/mol. The molecule has 0 unspecified atom stereocenters. The van der Waals surface area contributed by atoms with Crippen LogP contribution < -0.4 is 14.8 Å². The van der Waals surface area contributed by atoms with E-state index in [1.54, 1.807) is 35.2 Å². The van der Waals surface area contributed by atoms with Gasteiger partial charge in [0, 0.05) is 44.2 Å². The van der Waals surface area contributed by atoms with Crippen LogP contribution >= 0.6 is 0 Å². The van der Waals surface area contributed by atoms with Crippen LogP contribution in [0.2, 0.25) is 0 Å². The highest BCUT2D eigenvalue weighted by Gasteiger charge is 2.31. The summed E-state index contributed by atoms with van der Waals surface area (Å²) in [6, 6.07) is 13.3. The maximum atomic E-state index is 13.1. The number of fused-ring (bicyclic) bond motifs is 1. The highest BCUT2D eigenvalue weighted by molar-refractivity contribution is 7.89. The van der Waals surface area contributed by atoms with E-state index in [9.17, 15) is 18.0 Å². The van der Waals surface area contributed by atoms with Crippen LogP contribution in [0, 0.1) is 0 Å². The Morgan fingerprint density at radius 3 is 2.31 bits per heavy atom. The number of rotatable bonds is 5. The molecule has 1 N–H and O–H groups in total. The second-order valence-electron chi connectivity index (χ2n) is 7.49. The van der Waals surface area contributed by atoms with Crippen LogP contribution in [0.25, 0.3) is 0 Å². The largest absolute Gasteiger partial charge is 0.490 e. The molecule has 9 nitrogen and oxygen atoms in total. The van der Waals surface area contributed by atoms with Gasteiger partial charge in [-0.2, -0.15) is 4.31 Å². The molecule has 32 heavy (non-hydrogen) atoms. The number of benzene rings is 2. The van der Waals surface area contributed by atoms with Crippen molar-refractivity contribution in [3.8, 4) is 11.5 Å². The molecule has 2 aromatic carbocycles. The van der Waals surface area contributed by atoms with Gasteiger partial charge in [-0.1, -0.05) is 18.2 Å². The summed E-state index contributed by atoms with van der Waals surface area (Å²) in [6.45, 7) is 1.72. The summed E-state index contributed by atoms with van der Waals surface area (Å²) in [5, 5.41) is 2.61. The molecule has 1 saturated heterocycles. The van der Waals surface area contributed by atoms with Gasteiger partial charge in [-0.15, -0.1) is 0 Å². The van der Waals surface area contributed by atoms with Crippen molar-refractivity contribution in [1.82, 2.24) is 14.5 Å². The van der Waals surface area contributed by atoms with Crippen LogP contribution in [0.15, 0.2) is 53.4 Å². The van der Waals surface area contributed by atoms with Gasteiger partial charge in [0.05, 0.1) is 24.7 Å². The lowest BCUT2D eigenvalue weighted by molar-refractivity contribution is -0.131. The Labute approximate surface area is 187 Å². The molecule has 0 bridgehead atoms. The van der Waals surface area contributed by atoms with E-state index in [1.807, 2.05) is 6.07 Å². The molecular weight excluding hydrogens is 434 g/mol. The van der Waals surface area contributed by atoms with Crippen molar-refractivity contribution in [2.45, 2.75) is 11.3 Å². The summed E-state index contributed by atoms with van der Waals surface area (Å²) >= 11 is 0. The van der Waals surface area contributed by atoms with Crippen LogP contribution in [0.4, 0.5) is 0 Å². The van der Waals surface area contributed by atoms with Gasteiger partial charge in [0.2, 0.25) is 15.9 Å². The Morgan fingerprint density at radius 1 is 0.906 bits per heavy atom. The molecule has 2 aliphatic rings. The second-order valence-corrected chi connectivity index (χ2v) is 9.43. The lowest BCUT2D eigenvalue weighted by Crippen LogP contribution is -2.52. The number of piperazine rings is 1. The van der Waals surface area contributed by atoms with Gasteiger partial charge in [0.1, 0.15) is 0 Å². The molecule has 1 fully saturated rings. The van der Waals surface area contributed by atoms with E-state index >= 15 is 0 Å². The molecule has 10 heteroatoms. The highest BCUT2D eigenvalue weighted by Crippen LogP contribution is 2.33. The molecule has 0 aliphatic carbocycles. The monoisotopic (exact) mass is 459 g/mol. The fourth-order valence-electron chi connectivity index (χ4n) is 3.59. The minimum absolute atomic E-state index is 0.136. The van der Waals surface area contributed by atoms with E-state index in [0.717, 1.165) is 6.42 Å². The van der Waals surface area contributed by atoms with E-state index in [1.165, 1.54) is 16.4 Å². The molecule has 2 aliphatic heterocycles.